The Bertz CT molecular complexity index is 1030. The van der Waals surface area contributed by atoms with Crippen molar-refractivity contribution in [2.24, 2.45) is 5.92 Å². The third-order valence-electron chi connectivity index (χ3n) is 5.49. The van der Waals surface area contributed by atoms with Gasteiger partial charge in [0.25, 0.3) is 0 Å². The monoisotopic (exact) mass is 406 g/mol. The summed E-state index contributed by atoms with van der Waals surface area (Å²) in [6.07, 6.45) is 1.49. The molecule has 8 heteroatoms. The van der Waals surface area contributed by atoms with Crippen molar-refractivity contribution < 1.29 is 18.8 Å². The molecule has 8 nitrogen and oxygen atoms in total. The van der Waals surface area contributed by atoms with Crippen molar-refractivity contribution in [3.8, 4) is 22.9 Å². The molecular weight excluding hydrogens is 384 g/mol. The molecule has 0 unspecified atom stereocenters. The quantitative estimate of drug-likeness (QED) is 0.697. The van der Waals surface area contributed by atoms with E-state index in [1.165, 1.54) is 0 Å². The molecule has 0 aliphatic carbocycles. The van der Waals surface area contributed by atoms with Crippen LogP contribution in [0.5, 0.6) is 11.5 Å². The summed E-state index contributed by atoms with van der Waals surface area (Å²) in [6.45, 7) is 2.13. The van der Waals surface area contributed by atoms with Gasteiger partial charge < -0.3 is 24.2 Å². The van der Waals surface area contributed by atoms with E-state index in [0.29, 0.717) is 31.5 Å². The molecule has 30 heavy (non-hydrogen) atoms. The number of carbonyl (C=O) groups is 1. The SMILES string of the molecule is O=C(NCc1ccc2c(c1)OCO2)C1CCN(c2nc(-c3ccccc3)no2)CC1. The Hall–Kier alpha value is -3.55. The fraction of sp³-hybridized carbons (Fsp3) is 0.318. The molecule has 0 radical (unpaired) electrons. The molecule has 0 atom stereocenters. The first kappa shape index (κ1) is 18.5. The highest BCUT2D eigenvalue weighted by atomic mass is 16.7. The van der Waals surface area contributed by atoms with Crippen LogP contribution in [0, 0.1) is 5.92 Å². The number of carbonyl (C=O) groups excluding carboxylic acids is 1. The second kappa shape index (κ2) is 8.06. The maximum absolute atomic E-state index is 12.6. The van der Waals surface area contributed by atoms with E-state index >= 15 is 0 Å². The first-order valence-corrected chi connectivity index (χ1v) is 10.1. The summed E-state index contributed by atoms with van der Waals surface area (Å²) in [5, 5.41) is 7.11. The van der Waals surface area contributed by atoms with Crippen LogP contribution in [-0.2, 0) is 11.3 Å². The zero-order valence-corrected chi connectivity index (χ0v) is 16.4. The average molecular weight is 406 g/mol. The maximum atomic E-state index is 12.6. The number of nitrogens with zero attached hydrogens (tertiary/aromatic N) is 3. The van der Waals surface area contributed by atoms with E-state index in [2.05, 4.69) is 15.5 Å². The summed E-state index contributed by atoms with van der Waals surface area (Å²) in [7, 11) is 0. The molecule has 1 amide bonds. The summed E-state index contributed by atoms with van der Waals surface area (Å²) in [5.74, 6) is 2.10. The van der Waals surface area contributed by atoms with E-state index in [4.69, 9.17) is 14.0 Å². The number of fused-ring (bicyclic) bond motifs is 1. The lowest BCUT2D eigenvalue weighted by Gasteiger charge is -2.29. The highest BCUT2D eigenvalue weighted by Crippen LogP contribution is 2.32. The Labute approximate surface area is 173 Å². The molecule has 1 N–H and O–H groups in total. The Balaban J connectivity index is 1.13. The summed E-state index contributed by atoms with van der Waals surface area (Å²) in [6, 6.07) is 16.0. The number of hydrogen-bond donors (Lipinski definition) is 1. The lowest BCUT2D eigenvalue weighted by atomic mass is 9.96. The minimum Gasteiger partial charge on any atom is -0.454 e. The number of amides is 1. The van der Waals surface area contributed by atoms with Gasteiger partial charge in [0, 0.05) is 31.1 Å². The van der Waals surface area contributed by atoms with Crippen LogP contribution in [0.15, 0.2) is 53.1 Å². The van der Waals surface area contributed by atoms with Crippen LogP contribution in [0.25, 0.3) is 11.4 Å². The summed E-state index contributed by atoms with van der Waals surface area (Å²) in [5.41, 5.74) is 1.91. The molecule has 1 saturated heterocycles. The first-order chi connectivity index (χ1) is 14.8. The first-order valence-electron chi connectivity index (χ1n) is 10.1. The van der Waals surface area contributed by atoms with E-state index in [1.54, 1.807) is 0 Å². The third-order valence-corrected chi connectivity index (χ3v) is 5.49. The van der Waals surface area contributed by atoms with Crippen molar-refractivity contribution in [2.45, 2.75) is 19.4 Å². The van der Waals surface area contributed by atoms with E-state index < -0.39 is 0 Å². The van der Waals surface area contributed by atoms with Gasteiger partial charge in [-0.1, -0.05) is 41.6 Å². The predicted molar refractivity (Wildman–Crippen MR) is 109 cm³/mol. The second-order valence-corrected chi connectivity index (χ2v) is 7.43. The number of benzene rings is 2. The molecule has 154 valence electrons. The Morgan fingerprint density at radius 3 is 2.70 bits per heavy atom. The molecule has 2 aliphatic heterocycles. The standard InChI is InChI=1S/C22H22N4O4/c27-21(23-13-15-6-7-18-19(12-15)29-14-28-18)17-8-10-26(11-9-17)22-24-20(25-30-22)16-4-2-1-3-5-16/h1-7,12,17H,8-11,13-14H2,(H,23,27). The van der Waals surface area contributed by atoms with Crippen molar-refractivity contribution >= 4 is 11.9 Å². The fourth-order valence-electron chi connectivity index (χ4n) is 3.77. The summed E-state index contributed by atoms with van der Waals surface area (Å²) in [4.78, 5) is 19.1. The van der Waals surface area contributed by atoms with Gasteiger partial charge in [-0.3, -0.25) is 4.79 Å². The summed E-state index contributed by atoms with van der Waals surface area (Å²) < 4.78 is 16.1. The van der Waals surface area contributed by atoms with Crippen molar-refractivity contribution in [1.29, 1.82) is 0 Å². The lowest BCUT2D eigenvalue weighted by molar-refractivity contribution is -0.125. The Morgan fingerprint density at radius 1 is 1.07 bits per heavy atom. The zero-order valence-electron chi connectivity index (χ0n) is 16.4. The normalized spacial score (nSPS) is 15.9. The highest BCUT2D eigenvalue weighted by molar-refractivity contribution is 5.79. The van der Waals surface area contributed by atoms with Crippen LogP contribution < -0.4 is 19.7 Å². The van der Waals surface area contributed by atoms with E-state index in [9.17, 15) is 4.79 Å². The Kier molecular flexibility index (Phi) is 4.96. The van der Waals surface area contributed by atoms with Crippen LogP contribution in [0.4, 0.5) is 6.01 Å². The van der Waals surface area contributed by atoms with Crippen molar-refractivity contribution in [1.82, 2.24) is 15.5 Å². The number of anilines is 1. The molecule has 2 aliphatic rings. The summed E-state index contributed by atoms with van der Waals surface area (Å²) >= 11 is 0. The predicted octanol–water partition coefficient (Wildman–Crippen LogP) is 3.00. The van der Waals surface area contributed by atoms with Crippen LogP contribution in [0.3, 0.4) is 0 Å². The smallest absolute Gasteiger partial charge is 0.324 e. The maximum Gasteiger partial charge on any atom is 0.324 e. The lowest BCUT2D eigenvalue weighted by Crippen LogP contribution is -2.40. The number of piperidine rings is 1. The van der Waals surface area contributed by atoms with E-state index in [-0.39, 0.29) is 18.6 Å². The molecule has 5 rings (SSSR count). The van der Waals surface area contributed by atoms with E-state index in [1.807, 2.05) is 53.4 Å². The van der Waals surface area contributed by atoms with Crippen molar-refractivity contribution in [3.63, 3.8) is 0 Å². The van der Waals surface area contributed by atoms with Gasteiger partial charge in [-0.15, -0.1) is 0 Å². The molecule has 3 aromatic rings. The number of hydrogen-bond acceptors (Lipinski definition) is 7. The van der Waals surface area contributed by atoms with Gasteiger partial charge >= 0.3 is 6.01 Å². The second-order valence-electron chi connectivity index (χ2n) is 7.43. The largest absolute Gasteiger partial charge is 0.454 e. The molecule has 0 spiro atoms. The topological polar surface area (TPSA) is 89.7 Å². The van der Waals surface area contributed by atoms with Crippen molar-refractivity contribution in [3.05, 3.63) is 54.1 Å². The number of nitrogens with one attached hydrogen (secondary N) is 1. The molecule has 3 heterocycles. The molecule has 1 fully saturated rings. The molecule has 0 bridgehead atoms. The minimum absolute atomic E-state index is 0.0215. The van der Waals surface area contributed by atoms with Gasteiger partial charge in [0.15, 0.2) is 11.5 Å². The molecule has 1 aromatic heterocycles. The molecule has 0 saturated carbocycles. The number of aromatic nitrogens is 2. The van der Waals surface area contributed by atoms with Crippen LogP contribution in [0.2, 0.25) is 0 Å². The van der Waals surface area contributed by atoms with E-state index in [0.717, 1.165) is 35.5 Å². The molecular formula is C22H22N4O4. The van der Waals surface area contributed by atoms with Gasteiger partial charge in [-0.05, 0) is 30.5 Å². The van der Waals surface area contributed by atoms with Gasteiger partial charge in [0.05, 0.1) is 0 Å². The molecule has 2 aromatic carbocycles. The van der Waals surface area contributed by atoms with Crippen LogP contribution >= 0.6 is 0 Å². The van der Waals surface area contributed by atoms with Gasteiger partial charge in [0.1, 0.15) is 0 Å². The zero-order chi connectivity index (χ0) is 20.3. The van der Waals surface area contributed by atoms with Crippen LogP contribution in [-0.4, -0.2) is 35.9 Å². The fourth-order valence-corrected chi connectivity index (χ4v) is 3.77. The van der Waals surface area contributed by atoms with Gasteiger partial charge in [-0.2, -0.15) is 4.98 Å². The van der Waals surface area contributed by atoms with Gasteiger partial charge in [-0.25, -0.2) is 0 Å². The van der Waals surface area contributed by atoms with Crippen LogP contribution in [0.1, 0.15) is 18.4 Å². The Morgan fingerprint density at radius 2 is 1.87 bits per heavy atom. The third kappa shape index (κ3) is 3.80. The highest BCUT2D eigenvalue weighted by Gasteiger charge is 2.27. The van der Waals surface area contributed by atoms with Gasteiger partial charge in [0.2, 0.25) is 18.5 Å². The number of ether oxygens (including phenoxy) is 2. The minimum atomic E-state index is -0.0215. The number of rotatable bonds is 5. The van der Waals surface area contributed by atoms with Crippen molar-refractivity contribution in [2.75, 3.05) is 24.8 Å². The average Bonchev–Trinajstić information content (AvgIpc) is 3.48.